The van der Waals surface area contributed by atoms with E-state index in [0.717, 1.165) is 22.9 Å². The SMILES string of the molecule is CC(NC(=O)c1ccc(Cl)c(S(=O)(=O)NC2CC2)c1)c1ccc(Br)cc1. The highest BCUT2D eigenvalue weighted by atomic mass is 79.9. The van der Waals surface area contributed by atoms with Crippen molar-refractivity contribution in [1.82, 2.24) is 10.0 Å². The van der Waals surface area contributed by atoms with Gasteiger partial charge in [-0.05, 0) is 55.7 Å². The summed E-state index contributed by atoms with van der Waals surface area (Å²) in [5.74, 6) is -0.361. The van der Waals surface area contributed by atoms with Crippen molar-refractivity contribution in [3.63, 3.8) is 0 Å². The van der Waals surface area contributed by atoms with Crippen LogP contribution in [0.2, 0.25) is 5.02 Å². The first-order chi connectivity index (χ1) is 12.3. The van der Waals surface area contributed by atoms with Gasteiger partial charge >= 0.3 is 0 Å². The van der Waals surface area contributed by atoms with Crippen LogP contribution in [-0.2, 0) is 10.0 Å². The van der Waals surface area contributed by atoms with Crippen molar-refractivity contribution in [2.45, 2.75) is 36.7 Å². The quantitative estimate of drug-likeness (QED) is 0.687. The highest BCUT2D eigenvalue weighted by molar-refractivity contribution is 9.10. The lowest BCUT2D eigenvalue weighted by Gasteiger charge is -2.15. The summed E-state index contributed by atoms with van der Waals surface area (Å²) in [5.41, 5.74) is 1.19. The minimum absolute atomic E-state index is 0.0361. The van der Waals surface area contributed by atoms with E-state index in [4.69, 9.17) is 11.6 Å². The molecule has 0 bridgehead atoms. The smallest absolute Gasteiger partial charge is 0.251 e. The van der Waals surface area contributed by atoms with Gasteiger partial charge in [0.2, 0.25) is 10.0 Å². The molecule has 0 spiro atoms. The molecule has 2 N–H and O–H groups in total. The van der Waals surface area contributed by atoms with Crippen molar-refractivity contribution in [2.24, 2.45) is 0 Å². The van der Waals surface area contributed by atoms with Gasteiger partial charge < -0.3 is 5.32 Å². The first-order valence-electron chi connectivity index (χ1n) is 8.14. The molecule has 2 aromatic rings. The van der Waals surface area contributed by atoms with Crippen LogP contribution in [-0.4, -0.2) is 20.4 Å². The van der Waals surface area contributed by atoms with Gasteiger partial charge in [0.1, 0.15) is 4.90 Å². The minimum Gasteiger partial charge on any atom is -0.346 e. The maximum absolute atomic E-state index is 12.5. The van der Waals surface area contributed by atoms with Crippen LogP contribution >= 0.6 is 27.5 Å². The monoisotopic (exact) mass is 456 g/mol. The number of rotatable bonds is 6. The van der Waals surface area contributed by atoms with Crippen LogP contribution in [0.1, 0.15) is 41.7 Å². The second kappa shape index (κ2) is 7.68. The molecule has 0 heterocycles. The molecule has 0 saturated heterocycles. The first kappa shape index (κ1) is 19.4. The van der Waals surface area contributed by atoms with Gasteiger partial charge in [0.25, 0.3) is 5.91 Å². The maximum atomic E-state index is 12.5. The molecule has 138 valence electrons. The molecule has 2 aromatic carbocycles. The van der Waals surface area contributed by atoms with E-state index in [1.165, 1.54) is 18.2 Å². The fraction of sp³-hybridized carbons (Fsp3) is 0.278. The molecule has 0 aromatic heterocycles. The molecular formula is C18H18BrClN2O3S. The molecule has 0 aliphatic heterocycles. The Morgan fingerprint density at radius 1 is 1.19 bits per heavy atom. The number of hydrogen-bond acceptors (Lipinski definition) is 3. The van der Waals surface area contributed by atoms with Crippen molar-refractivity contribution in [3.8, 4) is 0 Å². The Balaban J connectivity index is 1.79. The molecule has 1 fully saturated rings. The first-order valence-corrected chi connectivity index (χ1v) is 10.8. The predicted octanol–water partition coefficient (Wildman–Crippen LogP) is 4.03. The fourth-order valence-corrected chi connectivity index (χ4v) is 4.54. The molecule has 0 radical (unpaired) electrons. The Bertz CT molecular complexity index is 928. The number of carbonyl (C=O) groups excluding carboxylic acids is 1. The van der Waals surface area contributed by atoms with Crippen LogP contribution in [0.4, 0.5) is 0 Å². The number of amides is 1. The normalized spacial score (nSPS) is 15.5. The summed E-state index contributed by atoms with van der Waals surface area (Å²) in [6.45, 7) is 1.86. The van der Waals surface area contributed by atoms with E-state index in [1.54, 1.807) is 0 Å². The van der Waals surface area contributed by atoms with Crippen LogP contribution in [0.5, 0.6) is 0 Å². The zero-order chi connectivity index (χ0) is 18.9. The van der Waals surface area contributed by atoms with Gasteiger partial charge in [-0.1, -0.05) is 39.7 Å². The second-order valence-electron chi connectivity index (χ2n) is 6.29. The summed E-state index contributed by atoms with van der Waals surface area (Å²) in [5, 5.41) is 2.96. The third-order valence-corrected chi connectivity index (χ3v) is 6.63. The molecule has 3 rings (SSSR count). The summed E-state index contributed by atoms with van der Waals surface area (Å²) in [4.78, 5) is 12.5. The minimum atomic E-state index is -3.74. The number of nitrogens with one attached hydrogen (secondary N) is 2. The second-order valence-corrected chi connectivity index (χ2v) is 9.29. The zero-order valence-electron chi connectivity index (χ0n) is 14.0. The number of halogens is 2. The third kappa shape index (κ3) is 4.65. The Labute approximate surface area is 166 Å². The molecule has 8 heteroatoms. The third-order valence-electron chi connectivity index (χ3n) is 4.10. The Morgan fingerprint density at radius 3 is 2.46 bits per heavy atom. The average molecular weight is 458 g/mol. The molecule has 5 nitrogen and oxygen atoms in total. The highest BCUT2D eigenvalue weighted by Crippen LogP contribution is 2.27. The molecule has 1 aliphatic carbocycles. The summed E-state index contributed by atoms with van der Waals surface area (Å²) < 4.78 is 28.4. The Morgan fingerprint density at radius 2 is 1.85 bits per heavy atom. The van der Waals surface area contributed by atoms with Crippen LogP contribution < -0.4 is 10.0 Å². The zero-order valence-corrected chi connectivity index (χ0v) is 17.2. The van der Waals surface area contributed by atoms with Crippen molar-refractivity contribution in [3.05, 3.63) is 63.1 Å². The lowest BCUT2D eigenvalue weighted by molar-refractivity contribution is 0.0939. The molecular weight excluding hydrogens is 440 g/mol. The van der Waals surface area contributed by atoms with Crippen LogP contribution in [0, 0.1) is 0 Å². The summed E-state index contributed by atoms with van der Waals surface area (Å²) in [6, 6.07) is 11.6. The lowest BCUT2D eigenvalue weighted by atomic mass is 10.1. The summed E-state index contributed by atoms with van der Waals surface area (Å²) >= 11 is 9.42. The van der Waals surface area contributed by atoms with Crippen LogP contribution in [0.3, 0.4) is 0 Å². The highest BCUT2D eigenvalue weighted by Gasteiger charge is 2.29. The summed E-state index contributed by atoms with van der Waals surface area (Å²) in [6.07, 6.45) is 1.64. The summed E-state index contributed by atoms with van der Waals surface area (Å²) in [7, 11) is -3.74. The number of hydrogen-bond donors (Lipinski definition) is 2. The number of carbonyl (C=O) groups is 1. The number of sulfonamides is 1. The molecule has 1 atom stereocenters. The van der Waals surface area contributed by atoms with Gasteiger partial charge in [-0.2, -0.15) is 0 Å². The van der Waals surface area contributed by atoms with Gasteiger partial charge in [0.15, 0.2) is 0 Å². The van der Waals surface area contributed by atoms with Gasteiger partial charge in [0, 0.05) is 16.1 Å². The van der Waals surface area contributed by atoms with Gasteiger partial charge in [-0.3, -0.25) is 4.79 Å². The van der Waals surface area contributed by atoms with Crippen molar-refractivity contribution in [2.75, 3.05) is 0 Å². The fourth-order valence-electron chi connectivity index (χ4n) is 2.45. The maximum Gasteiger partial charge on any atom is 0.251 e. The van der Waals surface area contributed by atoms with Gasteiger partial charge in [-0.25, -0.2) is 13.1 Å². The van der Waals surface area contributed by atoms with Crippen molar-refractivity contribution in [1.29, 1.82) is 0 Å². The number of benzene rings is 2. The van der Waals surface area contributed by atoms with Crippen molar-refractivity contribution >= 4 is 43.5 Å². The molecule has 26 heavy (non-hydrogen) atoms. The van der Waals surface area contributed by atoms with E-state index in [-0.39, 0.29) is 33.5 Å². The Kier molecular flexibility index (Phi) is 5.72. The largest absolute Gasteiger partial charge is 0.346 e. The predicted molar refractivity (Wildman–Crippen MR) is 105 cm³/mol. The van der Waals surface area contributed by atoms with Crippen LogP contribution in [0.15, 0.2) is 51.8 Å². The van der Waals surface area contributed by atoms with E-state index in [1.807, 2.05) is 31.2 Å². The molecule has 1 unspecified atom stereocenters. The van der Waals surface area contributed by atoms with Crippen LogP contribution in [0.25, 0.3) is 0 Å². The topological polar surface area (TPSA) is 75.3 Å². The van der Waals surface area contributed by atoms with E-state index in [9.17, 15) is 13.2 Å². The van der Waals surface area contributed by atoms with Gasteiger partial charge in [0.05, 0.1) is 11.1 Å². The average Bonchev–Trinajstić information content (AvgIpc) is 3.38. The van der Waals surface area contributed by atoms with E-state index >= 15 is 0 Å². The Hall–Kier alpha value is -1.41. The molecule has 1 amide bonds. The van der Waals surface area contributed by atoms with E-state index in [2.05, 4.69) is 26.0 Å². The standard InChI is InChI=1S/C18H18BrClN2O3S/c1-11(12-2-5-14(19)6-3-12)21-18(23)13-4-9-16(20)17(10-13)26(24,25)22-15-7-8-15/h2-6,9-11,15,22H,7-8H2,1H3,(H,21,23). The van der Waals surface area contributed by atoms with E-state index < -0.39 is 10.0 Å². The van der Waals surface area contributed by atoms with Crippen molar-refractivity contribution < 1.29 is 13.2 Å². The molecule has 1 aliphatic rings. The van der Waals surface area contributed by atoms with Gasteiger partial charge in [-0.15, -0.1) is 0 Å². The molecule has 1 saturated carbocycles. The van der Waals surface area contributed by atoms with E-state index in [0.29, 0.717) is 0 Å². The lowest BCUT2D eigenvalue weighted by Crippen LogP contribution is -2.28.